The number of nitrogens with one attached hydrogen (secondary N) is 3. The minimum atomic E-state index is -0.570. The van der Waals surface area contributed by atoms with Gasteiger partial charge in [0.2, 0.25) is 5.91 Å². The van der Waals surface area contributed by atoms with Gasteiger partial charge in [0.1, 0.15) is 23.8 Å². The number of aliphatic hydroxyl groups is 1. The molecule has 2 aliphatic heterocycles. The van der Waals surface area contributed by atoms with Crippen LogP contribution in [-0.4, -0.2) is 48.0 Å². The van der Waals surface area contributed by atoms with Gasteiger partial charge in [-0.15, -0.1) is 0 Å². The molecule has 4 atom stereocenters. The first-order chi connectivity index (χ1) is 17.5. The quantitative estimate of drug-likeness (QED) is 0.468. The zero-order chi connectivity index (χ0) is 25.1. The van der Waals surface area contributed by atoms with Crippen LogP contribution < -0.4 is 20.7 Å². The molecule has 0 radical (unpaired) electrons. The minimum Gasteiger partial charge on any atom is -0.487 e. The monoisotopic (exact) mass is 497 g/mol. The summed E-state index contributed by atoms with van der Waals surface area (Å²) in [6, 6.07) is 11.6. The molecule has 192 valence electrons. The molecule has 0 unspecified atom stereocenters. The van der Waals surface area contributed by atoms with Gasteiger partial charge in [-0.2, -0.15) is 0 Å². The molecule has 2 aromatic rings. The van der Waals surface area contributed by atoms with Gasteiger partial charge >= 0.3 is 6.03 Å². The van der Waals surface area contributed by atoms with E-state index in [4.69, 9.17) is 9.47 Å². The number of carbonyl (C=O) groups excluding carboxylic acids is 2. The van der Waals surface area contributed by atoms with Crippen LogP contribution in [0.3, 0.4) is 0 Å². The summed E-state index contributed by atoms with van der Waals surface area (Å²) in [5.74, 6) is 0.0630. The van der Waals surface area contributed by atoms with Gasteiger partial charge in [0.25, 0.3) is 0 Å². The van der Waals surface area contributed by atoms with Gasteiger partial charge in [0.15, 0.2) is 0 Å². The highest BCUT2D eigenvalue weighted by Crippen LogP contribution is 2.47. The fourth-order valence-electron chi connectivity index (χ4n) is 5.52. The minimum absolute atomic E-state index is 0.0773. The standard InChI is InChI=1S/C27H32FN3O5/c28-17-5-3-4-16(10-17)14-29-25(33)13-20-12-22-21-11-19(31-27(34)30-18-6-1-2-7-18)8-9-23(21)36-26(22)24(15-32)35-20/h3-5,8-11,18,20,22,24,26,32H,1-2,6-7,12-15H2,(H,29,33)(H2,30,31,34)/t20-,22-,24-,26+/m1/s1. The van der Waals surface area contributed by atoms with Gasteiger partial charge in [-0.3, -0.25) is 4.79 Å². The zero-order valence-electron chi connectivity index (χ0n) is 20.0. The summed E-state index contributed by atoms with van der Waals surface area (Å²) in [5.41, 5.74) is 2.28. The van der Waals surface area contributed by atoms with E-state index in [2.05, 4.69) is 16.0 Å². The Labute approximate surface area is 209 Å². The smallest absolute Gasteiger partial charge is 0.319 e. The van der Waals surface area contributed by atoms with E-state index < -0.39 is 12.2 Å². The second kappa shape index (κ2) is 10.8. The van der Waals surface area contributed by atoms with E-state index in [0.717, 1.165) is 31.2 Å². The van der Waals surface area contributed by atoms with Crippen molar-refractivity contribution in [3.05, 3.63) is 59.4 Å². The van der Waals surface area contributed by atoms with E-state index >= 15 is 0 Å². The largest absolute Gasteiger partial charge is 0.487 e. The number of rotatable bonds is 7. The van der Waals surface area contributed by atoms with E-state index in [1.54, 1.807) is 18.2 Å². The molecule has 0 spiro atoms. The van der Waals surface area contributed by atoms with Crippen molar-refractivity contribution in [2.24, 2.45) is 0 Å². The maximum absolute atomic E-state index is 13.4. The van der Waals surface area contributed by atoms with Crippen molar-refractivity contribution in [1.29, 1.82) is 0 Å². The lowest BCUT2D eigenvalue weighted by Gasteiger charge is -2.37. The van der Waals surface area contributed by atoms with Gasteiger partial charge in [-0.25, -0.2) is 9.18 Å². The van der Waals surface area contributed by atoms with Crippen LogP contribution >= 0.6 is 0 Å². The van der Waals surface area contributed by atoms with E-state index in [9.17, 15) is 19.1 Å². The topological polar surface area (TPSA) is 109 Å². The van der Waals surface area contributed by atoms with Crippen molar-refractivity contribution in [3.63, 3.8) is 0 Å². The number of benzene rings is 2. The van der Waals surface area contributed by atoms with Crippen LogP contribution in [-0.2, 0) is 16.1 Å². The van der Waals surface area contributed by atoms with Crippen LogP contribution in [0, 0.1) is 5.82 Å². The third-order valence-corrected chi connectivity index (χ3v) is 7.24. The molecule has 2 fully saturated rings. The molecule has 0 bridgehead atoms. The summed E-state index contributed by atoms with van der Waals surface area (Å²) in [6.07, 6.45) is 3.62. The highest BCUT2D eigenvalue weighted by molar-refractivity contribution is 5.89. The van der Waals surface area contributed by atoms with E-state index in [-0.39, 0.29) is 55.4 Å². The predicted molar refractivity (Wildman–Crippen MR) is 131 cm³/mol. The fourth-order valence-corrected chi connectivity index (χ4v) is 5.52. The molecular weight excluding hydrogens is 465 g/mol. The number of carbonyl (C=O) groups is 2. The van der Waals surface area contributed by atoms with Crippen LogP contribution in [0.1, 0.15) is 55.6 Å². The molecular formula is C27H32FN3O5. The lowest BCUT2D eigenvalue weighted by molar-refractivity contribution is -0.142. The Hall–Kier alpha value is -3.17. The SMILES string of the molecule is O=C(C[C@H]1C[C@@H]2c3cc(NC(=O)NC4CCCC4)ccc3O[C@@H]2[C@@H](CO)O1)NCc1cccc(F)c1. The Morgan fingerprint density at radius 1 is 1.11 bits per heavy atom. The molecule has 1 saturated carbocycles. The molecule has 9 heteroatoms. The predicted octanol–water partition coefficient (Wildman–Crippen LogP) is 3.59. The molecule has 5 rings (SSSR count). The van der Waals surface area contributed by atoms with Gasteiger partial charge in [0.05, 0.1) is 19.1 Å². The molecule has 36 heavy (non-hydrogen) atoms. The molecule has 2 aromatic carbocycles. The van der Waals surface area contributed by atoms with E-state index in [1.165, 1.54) is 12.1 Å². The second-order valence-electron chi connectivity index (χ2n) is 9.85. The van der Waals surface area contributed by atoms with Gasteiger partial charge < -0.3 is 30.5 Å². The highest BCUT2D eigenvalue weighted by atomic mass is 19.1. The summed E-state index contributed by atoms with van der Waals surface area (Å²) in [5, 5.41) is 18.7. The normalized spacial score (nSPS) is 24.9. The third-order valence-electron chi connectivity index (χ3n) is 7.24. The Balaban J connectivity index is 1.22. The van der Waals surface area contributed by atoms with Gasteiger partial charge in [-0.1, -0.05) is 25.0 Å². The number of hydrogen-bond donors (Lipinski definition) is 4. The lowest BCUT2D eigenvalue weighted by Crippen LogP contribution is -2.47. The first kappa shape index (κ1) is 24.5. The Morgan fingerprint density at radius 2 is 1.94 bits per heavy atom. The third kappa shape index (κ3) is 5.63. The maximum Gasteiger partial charge on any atom is 0.319 e. The zero-order valence-corrected chi connectivity index (χ0v) is 20.0. The maximum atomic E-state index is 13.4. The second-order valence-corrected chi connectivity index (χ2v) is 9.85. The van der Waals surface area contributed by atoms with Gasteiger partial charge in [-0.05, 0) is 55.2 Å². The first-order valence-corrected chi connectivity index (χ1v) is 12.6. The Morgan fingerprint density at radius 3 is 2.72 bits per heavy atom. The molecule has 3 amide bonds. The van der Waals surface area contributed by atoms with Crippen molar-refractivity contribution < 1.29 is 28.6 Å². The molecule has 1 aliphatic carbocycles. The van der Waals surface area contributed by atoms with Crippen LogP contribution in [0.15, 0.2) is 42.5 Å². The van der Waals surface area contributed by atoms with E-state index in [0.29, 0.717) is 23.4 Å². The highest BCUT2D eigenvalue weighted by Gasteiger charge is 2.46. The van der Waals surface area contributed by atoms with Crippen LogP contribution in [0.25, 0.3) is 0 Å². The number of aliphatic hydroxyl groups excluding tert-OH is 1. The van der Waals surface area contributed by atoms with Crippen molar-refractivity contribution in [3.8, 4) is 5.75 Å². The number of urea groups is 1. The van der Waals surface area contributed by atoms with Crippen molar-refractivity contribution in [2.75, 3.05) is 11.9 Å². The van der Waals surface area contributed by atoms with Crippen molar-refractivity contribution in [1.82, 2.24) is 10.6 Å². The summed E-state index contributed by atoms with van der Waals surface area (Å²) in [4.78, 5) is 25.0. The van der Waals surface area contributed by atoms with Crippen LogP contribution in [0.5, 0.6) is 5.75 Å². The summed E-state index contributed by atoms with van der Waals surface area (Å²) < 4.78 is 25.5. The number of ether oxygens (including phenoxy) is 2. The molecule has 0 aromatic heterocycles. The van der Waals surface area contributed by atoms with Crippen LogP contribution in [0.2, 0.25) is 0 Å². The summed E-state index contributed by atoms with van der Waals surface area (Å²) >= 11 is 0. The average Bonchev–Trinajstić information content (AvgIpc) is 3.50. The number of halogens is 1. The van der Waals surface area contributed by atoms with Gasteiger partial charge in [0, 0.05) is 29.8 Å². The average molecular weight is 498 g/mol. The van der Waals surface area contributed by atoms with Crippen LogP contribution in [0.4, 0.5) is 14.9 Å². The molecule has 4 N–H and O–H groups in total. The number of fused-ring (bicyclic) bond motifs is 3. The first-order valence-electron chi connectivity index (χ1n) is 12.6. The number of hydrogen-bond acceptors (Lipinski definition) is 5. The molecule has 1 saturated heterocycles. The summed E-state index contributed by atoms with van der Waals surface area (Å²) in [7, 11) is 0. The Kier molecular flexibility index (Phi) is 7.38. The molecule has 8 nitrogen and oxygen atoms in total. The Bertz CT molecular complexity index is 1110. The molecule has 3 aliphatic rings. The lowest BCUT2D eigenvalue weighted by atomic mass is 9.84. The summed E-state index contributed by atoms with van der Waals surface area (Å²) in [6.45, 7) is -0.00579. The van der Waals surface area contributed by atoms with Crippen molar-refractivity contribution in [2.45, 2.75) is 75.3 Å². The number of anilines is 1. The fraction of sp³-hybridized carbons (Fsp3) is 0.481. The number of amides is 3. The molecule has 2 heterocycles. The van der Waals surface area contributed by atoms with Crippen molar-refractivity contribution >= 4 is 17.6 Å². The van der Waals surface area contributed by atoms with E-state index in [1.807, 2.05) is 12.1 Å².